The Hall–Kier alpha value is -1.10. The molecule has 18 heavy (non-hydrogen) atoms. The van der Waals surface area contributed by atoms with E-state index < -0.39 is 0 Å². The number of halogens is 1. The summed E-state index contributed by atoms with van der Waals surface area (Å²) in [4.78, 5) is 13.9. The Labute approximate surface area is 112 Å². The fourth-order valence-corrected chi connectivity index (χ4v) is 2.22. The summed E-state index contributed by atoms with van der Waals surface area (Å²) in [6.07, 6.45) is 1.26. The van der Waals surface area contributed by atoms with Crippen LogP contribution >= 0.6 is 11.6 Å². The summed E-state index contributed by atoms with van der Waals surface area (Å²) < 4.78 is 0. The summed E-state index contributed by atoms with van der Waals surface area (Å²) in [6.45, 7) is 1.87. The zero-order valence-electron chi connectivity index (χ0n) is 10.1. The van der Waals surface area contributed by atoms with Gasteiger partial charge in [0.25, 0.3) is 0 Å². The predicted octanol–water partition coefficient (Wildman–Crippen LogP) is 1.74. The molecule has 1 amide bonds. The first-order valence-electron chi connectivity index (χ1n) is 6.10. The van der Waals surface area contributed by atoms with E-state index in [-0.39, 0.29) is 12.0 Å². The van der Waals surface area contributed by atoms with E-state index in [1.807, 2.05) is 17.0 Å². The Morgan fingerprint density at radius 1 is 1.39 bits per heavy atom. The average molecular weight is 269 g/mol. The molecule has 1 fully saturated rings. The van der Waals surface area contributed by atoms with Gasteiger partial charge in [-0.25, -0.2) is 0 Å². The van der Waals surface area contributed by atoms with Gasteiger partial charge >= 0.3 is 0 Å². The maximum atomic E-state index is 11.8. The van der Waals surface area contributed by atoms with Crippen LogP contribution in [0.15, 0.2) is 24.3 Å². The second-order valence-corrected chi connectivity index (χ2v) is 4.94. The highest BCUT2D eigenvalue weighted by Gasteiger charge is 2.19. The Morgan fingerprint density at radius 3 is 2.72 bits per heavy atom. The molecule has 0 radical (unpaired) electrons. The summed E-state index contributed by atoms with van der Waals surface area (Å²) >= 11 is 5.97. The summed E-state index contributed by atoms with van der Waals surface area (Å²) in [5.41, 5.74) is 0.640. The number of rotatable bonds is 3. The third kappa shape index (κ3) is 3.70. The molecule has 1 saturated heterocycles. The number of benzene rings is 1. The SMILES string of the molecule is O=C(CN1CCC(O)CC1)Nc1ccccc1Cl. The van der Waals surface area contributed by atoms with Crippen molar-refractivity contribution < 1.29 is 9.90 Å². The van der Waals surface area contributed by atoms with E-state index in [0.717, 1.165) is 25.9 Å². The number of likely N-dealkylation sites (tertiary alicyclic amines) is 1. The van der Waals surface area contributed by atoms with Crippen LogP contribution in [0.4, 0.5) is 5.69 Å². The van der Waals surface area contributed by atoms with Gasteiger partial charge in [0.2, 0.25) is 5.91 Å². The van der Waals surface area contributed by atoms with E-state index in [4.69, 9.17) is 11.6 Å². The molecule has 0 spiro atoms. The molecule has 98 valence electrons. The number of hydrogen-bond donors (Lipinski definition) is 2. The minimum Gasteiger partial charge on any atom is -0.393 e. The monoisotopic (exact) mass is 268 g/mol. The zero-order valence-corrected chi connectivity index (χ0v) is 10.9. The second-order valence-electron chi connectivity index (χ2n) is 4.54. The molecule has 1 heterocycles. The molecule has 1 aliphatic heterocycles. The van der Waals surface area contributed by atoms with Gasteiger partial charge in [0.15, 0.2) is 0 Å². The van der Waals surface area contributed by atoms with E-state index in [1.54, 1.807) is 12.1 Å². The maximum Gasteiger partial charge on any atom is 0.238 e. The molecule has 2 rings (SSSR count). The van der Waals surface area contributed by atoms with E-state index >= 15 is 0 Å². The van der Waals surface area contributed by atoms with Crippen LogP contribution < -0.4 is 5.32 Å². The second kappa shape index (κ2) is 6.18. The Morgan fingerprint density at radius 2 is 2.06 bits per heavy atom. The smallest absolute Gasteiger partial charge is 0.238 e. The first-order chi connectivity index (χ1) is 8.65. The fourth-order valence-electron chi connectivity index (χ4n) is 2.03. The lowest BCUT2D eigenvalue weighted by Crippen LogP contribution is -2.40. The highest BCUT2D eigenvalue weighted by atomic mass is 35.5. The molecular weight excluding hydrogens is 252 g/mol. The van der Waals surface area contributed by atoms with Crippen molar-refractivity contribution >= 4 is 23.2 Å². The lowest BCUT2D eigenvalue weighted by atomic mass is 10.1. The molecule has 0 aromatic heterocycles. The third-order valence-electron chi connectivity index (χ3n) is 3.07. The Balaban J connectivity index is 1.84. The van der Waals surface area contributed by atoms with Crippen molar-refractivity contribution in [2.24, 2.45) is 0 Å². The number of hydrogen-bond acceptors (Lipinski definition) is 3. The van der Waals surface area contributed by atoms with Crippen LogP contribution in [-0.4, -0.2) is 41.7 Å². The van der Waals surface area contributed by atoms with Gasteiger partial charge in [-0.1, -0.05) is 23.7 Å². The Bertz CT molecular complexity index is 417. The van der Waals surface area contributed by atoms with Crippen LogP contribution in [0, 0.1) is 0 Å². The van der Waals surface area contributed by atoms with Crippen LogP contribution in [-0.2, 0) is 4.79 Å². The van der Waals surface area contributed by atoms with Crippen molar-refractivity contribution in [2.45, 2.75) is 18.9 Å². The largest absolute Gasteiger partial charge is 0.393 e. The summed E-state index contributed by atoms with van der Waals surface area (Å²) in [6, 6.07) is 7.18. The number of anilines is 1. The van der Waals surface area contributed by atoms with Crippen molar-refractivity contribution in [3.63, 3.8) is 0 Å². The van der Waals surface area contributed by atoms with Gasteiger partial charge in [-0.2, -0.15) is 0 Å². The number of amides is 1. The van der Waals surface area contributed by atoms with E-state index in [9.17, 15) is 9.90 Å². The summed E-state index contributed by atoms with van der Waals surface area (Å²) in [5.74, 6) is -0.0699. The van der Waals surface area contributed by atoms with Crippen LogP contribution in [0.1, 0.15) is 12.8 Å². The van der Waals surface area contributed by atoms with Crippen LogP contribution in [0.2, 0.25) is 5.02 Å². The summed E-state index contributed by atoms with van der Waals surface area (Å²) in [7, 11) is 0. The number of aliphatic hydroxyl groups excluding tert-OH is 1. The van der Waals surface area contributed by atoms with Crippen molar-refractivity contribution in [1.29, 1.82) is 0 Å². The number of carbonyl (C=O) groups is 1. The van der Waals surface area contributed by atoms with Gasteiger partial charge in [-0.3, -0.25) is 9.69 Å². The minimum absolute atomic E-state index is 0.0699. The number of para-hydroxylation sites is 1. The van der Waals surface area contributed by atoms with E-state index in [0.29, 0.717) is 17.3 Å². The van der Waals surface area contributed by atoms with Crippen molar-refractivity contribution in [1.82, 2.24) is 4.90 Å². The first-order valence-corrected chi connectivity index (χ1v) is 6.48. The molecule has 4 nitrogen and oxygen atoms in total. The fraction of sp³-hybridized carbons (Fsp3) is 0.462. The van der Waals surface area contributed by atoms with Gasteiger partial charge in [0.1, 0.15) is 0 Å². The maximum absolute atomic E-state index is 11.8. The quantitative estimate of drug-likeness (QED) is 0.878. The summed E-state index contributed by atoms with van der Waals surface area (Å²) in [5, 5.41) is 12.7. The normalized spacial score (nSPS) is 17.7. The predicted molar refractivity (Wildman–Crippen MR) is 71.8 cm³/mol. The lowest BCUT2D eigenvalue weighted by molar-refractivity contribution is -0.117. The number of carbonyl (C=O) groups excluding carboxylic acids is 1. The first kappa shape index (κ1) is 13.3. The van der Waals surface area contributed by atoms with Crippen molar-refractivity contribution in [2.75, 3.05) is 25.0 Å². The molecular formula is C13H17ClN2O2. The molecule has 0 unspecified atom stereocenters. The van der Waals surface area contributed by atoms with Crippen LogP contribution in [0.5, 0.6) is 0 Å². The third-order valence-corrected chi connectivity index (χ3v) is 3.40. The number of piperidine rings is 1. The molecule has 2 N–H and O–H groups in total. The van der Waals surface area contributed by atoms with Gasteiger partial charge in [-0.05, 0) is 25.0 Å². The molecule has 0 saturated carbocycles. The standard InChI is InChI=1S/C13H17ClN2O2/c14-11-3-1-2-4-12(11)15-13(18)9-16-7-5-10(17)6-8-16/h1-4,10,17H,5-9H2,(H,15,18). The molecule has 1 aromatic rings. The van der Waals surface area contributed by atoms with Gasteiger partial charge in [-0.15, -0.1) is 0 Å². The van der Waals surface area contributed by atoms with Gasteiger partial charge < -0.3 is 10.4 Å². The number of aliphatic hydroxyl groups is 1. The zero-order chi connectivity index (χ0) is 13.0. The molecule has 0 atom stereocenters. The van der Waals surface area contributed by atoms with E-state index in [2.05, 4.69) is 5.32 Å². The van der Waals surface area contributed by atoms with E-state index in [1.165, 1.54) is 0 Å². The average Bonchev–Trinajstić information content (AvgIpc) is 2.35. The molecule has 0 bridgehead atoms. The van der Waals surface area contributed by atoms with Crippen molar-refractivity contribution in [3.8, 4) is 0 Å². The highest BCUT2D eigenvalue weighted by Crippen LogP contribution is 2.20. The number of nitrogens with one attached hydrogen (secondary N) is 1. The number of nitrogens with zero attached hydrogens (tertiary/aromatic N) is 1. The minimum atomic E-state index is -0.215. The lowest BCUT2D eigenvalue weighted by Gasteiger charge is -2.28. The van der Waals surface area contributed by atoms with Crippen molar-refractivity contribution in [3.05, 3.63) is 29.3 Å². The van der Waals surface area contributed by atoms with Crippen LogP contribution in [0.3, 0.4) is 0 Å². The molecule has 0 aliphatic carbocycles. The molecule has 5 heteroatoms. The topological polar surface area (TPSA) is 52.6 Å². The van der Waals surface area contributed by atoms with Gasteiger partial charge in [0.05, 0.1) is 23.4 Å². The highest BCUT2D eigenvalue weighted by molar-refractivity contribution is 6.33. The molecule has 1 aromatic carbocycles. The van der Waals surface area contributed by atoms with Crippen LogP contribution in [0.25, 0.3) is 0 Å². The molecule has 1 aliphatic rings. The Kier molecular flexibility index (Phi) is 4.58. The van der Waals surface area contributed by atoms with Gasteiger partial charge in [0, 0.05) is 13.1 Å².